The normalized spacial score (nSPS) is 19.9. The molecule has 2 aromatic rings. The van der Waals surface area contributed by atoms with E-state index in [4.69, 9.17) is 9.47 Å². The molecule has 3 heterocycles. The molecule has 2 unspecified atom stereocenters. The van der Waals surface area contributed by atoms with Crippen LogP contribution in [0.15, 0.2) is 18.3 Å². The summed E-state index contributed by atoms with van der Waals surface area (Å²) in [7, 11) is 0. The highest BCUT2D eigenvalue weighted by molar-refractivity contribution is 5.97. The Morgan fingerprint density at radius 2 is 2.15 bits per heavy atom. The van der Waals surface area contributed by atoms with Crippen molar-refractivity contribution in [2.24, 2.45) is 5.92 Å². The van der Waals surface area contributed by atoms with Gasteiger partial charge >= 0.3 is 6.09 Å². The van der Waals surface area contributed by atoms with Gasteiger partial charge in [0.1, 0.15) is 11.7 Å². The summed E-state index contributed by atoms with van der Waals surface area (Å²) in [6.45, 7) is 4.33. The number of cyclic esters (lactones) is 1. The molecule has 1 aliphatic carbocycles. The number of nitriles is 1. The smallest absolute Gasteiger partial charge is 0.415 e. The second-order valence-corrected chi connectivity index (χ2v) is 10.4. The molecule has 2 aliphatic heterocycles. The molecule has 0 bridgehead atoms. The largest absolute Gasteiger partial charge is 0.465 e. The number of rotatable bonds is 8. The molecule has 4 N–H and O–H groups in total. The van der Waals surface area contributed by atoms with Gasteiger partial charge in [0.15, 0.2) is 18.2 Å². The number of nitrogens with one attached hydrogen (secondary N) is 3. The predicted octanol–water partition coefficient (Wildman–Crippen LogP) is 1.11. The second-order valence-electron chi connectivity index (χ2n) is 10.4. The molecule has 1 fully saturated rings. The van der Waals surface area contributed by atoms with Crippen molar-refractivity contribution in [2.45, 2.75) is 44.8 Å². The summed E-state index contributed by atoms with van der Waals surface area (Å²) in [5.74, 6) is 0.0544. The van der Waals surface area contributed by atoms with E-state index in [1.165, 1.54) is 24.9 Å². The molecule has 3 aliphatic rings. The predicted molar refractivity (Wildman–Crippen MR) is 138 cm³/mol. The van der Waals surface area contributed by atoms with Crippen LogP contribution in [0.25, 0.3) is 0 Å². The van der Waals surface area contributed by atoms with Crippen LogP contribution in [0.3, 0.4) is 0 Å². The van der Waals surface area contributed by atoms with E-state index in [1.807, 2.05) is 6.07 Å². The molecule has 13 heteroatoms. The molecular weight excluding hydrogens is 506 g/mol. The van der Waals surface area contributed by atoms with E-state index >= 15 is 0 Å². The number of ether oxygens (including phenoxy) is 2. The van der Waals surface area contributed by atoms with Crippen LogP contribution in [0.1, 0.15) is 37.0 Å². The summed E-state index contributed by atoms with van der Waals surface area (Å²) in [6.07, 6.45) is 2.65. The highest BCUT2D eigenvalue weighted by atomic mass is 16.6. The van der Waals surface area contributed by atoms with Crippen molar-refractivity contribution < 1.29 is 29.0 Å². The van der Waals surface area contributed by atoms with Crippen LogP contribution in [0.4, 0.5) is 22.1 Å². The molecule has 0 spiro atoms. The van der Waals surface area contributed by atoms with Gasteiger partial charge in [-0.3, -0.25) is 14.5 Å². The van der Waals surface area contributed by atoms with E-state index in [-0.39, 0.29) is 42.1 Å². The molecule has 39 heavy (non-hydrogen) atoms. The molecule has 1 saturated heterocycles. The third-order valence-electron chi connectivity index (χ3n) is 6.83. The van der Waals surface area contributed by atoms with Crippen LogP contribution >= 0.6 is 0 Å². The topological polar surface area (TPSA) is 179 Å². The van der Waals surface area contributed by atoms with Gasteiger partial charge < -0.3 is 30.5 Å². The fourth-order valence-electron chi connectivity index (χ4n) is 4.84. The number of anilines is 3. The van der Waals surface area contributed by atoms with E-state index in [1.54, 1.807) is 6.07 Å². The van der Waals surface area contributed by atoms with Gasteiger partial charge in [-0.05, 0) is 75.4 Å². The van der Waals surface area contributed by atoms with Crippen molar-refractivity contribution in [3.8, 4) is 11.9 Å². The quantitative estimate of drug-likeness (QED) is 0.358. The van der Waals surface area contributed by atoms with Crippen LogP contribution in [0.5, 0.6) is 5.88 Å². The zero-order chi connectivity index (χ0) is 27.7. The third kappa shape index (κ3) is 5.76. The average Bonchev–Trinajstić information content (AvgIpc) is 3.47. The molecule has 1 aromatic carbocycles. The standard InChI is InChI=1S/C26H29N7O6/c1-26(2,37)24(35)30-17-7-15-5-14(6-19(15)16(8-17)9-27)10-28-4-3-18-12-33(25(36)39-18)20-11-29-23-22(31-20)32-21(34)13-38-23/h7-8,11,14,18,28,37H,3-6,10,12-13H2,1-2H3,(H,30,35)(H,31,32,34). The Hall–Kier alpha value is -4.28. The highest BCUT2D eigenvalue weighted by Gasteiger charge is 2.34. The number of amides is 3. The molecule has 3 amide bonds. The van der Waals surface area contributed by atoms with E-state index in [2.05, 4.69) is 32.0 Å². The zero-order valence-corrected chi connectivity index (χ0v) is 21.6. The monoisotopic (exact) mass is 535 g/mol. The van der Waals surface area contributed by atoms with Crippen molar-refractivity contribution in [3.05, 3.63) is 35.0 Å². The maximum absolute atomic E-state index is 12.4. The lowest BCUT2D eigenvalue weighted by molar-refractivity contribution is -0.130. The van der Waals surface area contributed by atoms with Crippen LogP contribution in [-0.4, -0.2) is 70.9 Å². The molecule has 0 radical (unpaired) electrons. The van der Waals surface area contributed by atoms with E-state index in [9.17, 15) is 24.8 Å². The number of hydrogen-bond acceptors (Lipinski definition) is 10. The van der Waals surface area contributed by atoms with Gasteiger partial charge in [-0.25, -0.2) is 14.8 Å². The molecule has 204 valence electrons. The van der Waals surface area contributed by atoms with Crippen molar-refractivity contribution in [1.82, 2.24) is 15.3 Å². The Labute approximate surface area is 224 Å². The van der Waals surface area contributed by atoms with Crippen molar-refractivity contribution in [1.29, 1.82) is 5.26 Å². The van der Waals surface area contributed by atoms with E-state index in [0.717, 1.165) is 24.0 Å². The van der Waals surface area contributed by atoms with Gasteiger partial charge in [0.2, 0.25) is 0 Å². The number of carbonyl (C=O) groups excluding carboxylic acids is 3. The van der Waals surface area contributed by atoms with Gasteiger partial charge in [-0.2, -0.15) is 5.26 Å². The maximum atomic E-state index is 12.4. The lowest BCUT2D eigenvalue weighted by Crippen LogP contribution is -2.36. The first-order valence-corrected chi connectivity index (χ1v) is 12.7. The van der Waals surface area contributed by atoms with Gasteiger partial charge in [0.25, 0.3) is 17.7 Å². The minimum absolute atomic E-state index is 0.128. The Morgan fingerprint density at radius 3 is 2.92 bits per heavy atom. The SMILES string of the molecule is CC(C)(O)C(=O)Nc1cc(C#N)c2c(c1)CC(CNCCC1CN(c3cnc4c(n3)NC(=O)CO4)C(=O)O1)C2. The fourth-order valence-corrected chi connectivity index (χ4v) is 4.84. The second kappa shape index (κ2) is 10.5. The zero-order valence-electron chi connectivity index (χ0n) is 21.6. The van der Waals surface area contributed by atoms with Gasteiger partial charge in [0.05, 0.1) is 24.4 Å². The summed E-state index contributed by atoms with van der Waals surface area (Å²) in [4.78, 5) is 45.9. The lowest BCUT2D eigenvalue weighted by Gasteiger charge is -2.18. The van der Waals surface area contributed by atoms with Gasteiger partial charge in [0, 0.05) is 5.69 Å². The minimum Gasteiger partial charge on any atom is -0.465 e. The summed E-state index contributed by atoms with van der Waals surface area (Å²) in [5, 5.41) is 28.2. The minimum atomic E-state index is -1.52. The molecule has 0 saturated carbocycles. The summed E-state index contributed by atoms with van der Waals surface area (Å²) < 4.78 is 10.7. The molecule has 2 atom stereocenters. The number of aromatic nitrogens is 2. The third-order valence-corrected chi connectivity index (χ3v) is 6.83. The summed E-state index contributed by atoms with van der Waals surface area (Å²) in [6, 6.07) is 5.73. The molecule has 5 rings (SSSR count). The van der Waals surface area contributed by atoms with Crippen molar-refractivity contribution in [3.63, 3.8) is 0 Å². The first kappa shape index (κ1) is 26.3. The first-order valence-electron chi connectivity index (χ1n) is 12.7. The first-order chi connectivity index (χ1) is 18.6. The number of benzene rings is 1. The number of nitrogens with zero attached hydrogens (tertiary/aromatic N) is 4. The van der Waals surface area contributed by atoms with Crippen LogP contribution in [0.2, 0.25) is 0 Å². The number of aliphatic hydroxyl groups is 1. The highest BCUT2D eigenvalue weighted by Crippen LogP contribution is 2.32. The summed E-state index contributed by atoms with van der Waals surface area (Å²) in [5.41, 5.74) is 1.50. The number of carbonyl (C=O) groups is 3. The number of hydrogen-bond donors (Lipinski definition) is 4. The van der Waals surface area contributed by atoms with Crippen LogP contribution in [-0.2, 0) is 27.2 Å². The lowest BCUT2D eigenvalue weighted by atomic mass is 10.0. The molecular formula is C26H29N7O6. The van der Waals surface area contributed by atoms with E-state index < -0.39 is 17.6 Å². The molecule has 13 nitrogen and oxygen atoms in total. The fraction of sp³-hybridized carbons (Fsp3) is 0.462. The Bertz CT molecular complexity index is 1370. The van der Waals surface area contributed by atoms with E-state index in [0.29, 0.717) is 37.3 Å². The average molecular weight is 536 g/mol. The maximum Gasteiger partial charge on any atom is 0.415 e. The number of fused-ring (bicyclic) bond motifs is 2. The summed E-state index contributed by atoms with van der Waals surface area (Å²) >= 11 is 0. The Kier molecular flexibility index (Phi) is 7.07. The Balaban J connectivity index is 1.11. The molecule has 1 aromatic heterocycles. The van der Waals surface area contributed by atoms with Crippen molar-refractivity contribution in [2.75, 3.05) is 41.8 Å². The van der Waals surface area contributed by atoms with Crippen LogP contribution in [0, 0.1) is 17.2 Å². The van der Waals surface area contributed by atoms with Crippen molar-refractivity contribution >= 4 is 35.2 Å². The van der Waals surface area contributed by atoms with Gasteiger partial charge in [-0.1, -0.05) is 0 Å². The van der Waals surface area contributed by atoms with Gasteiger partial charge in [-0.15, -0.1) is 0 Å². The Morgan fingerprint density at radius 1 is 1.33 bits per heavy atom. The van der Waals surface area contributed by atoms with Crippen LogP contribution < -0.4 is 25.6 Å².